The lowest BCUT2D eigenvalue weighted by atomic mass is 10.1. The number of esters is 1. The van der Waals surface area contributed by atoms with Crippen molar-refractivity contribution < 1.29 is 19.1 Å². The van der Waals surface area contributed by atoms with Gasteiger partial charge in [0.15, 0.2) is 6.61 Å². The van der Waals surface area contributed by atoms with E-state index in [0.717, 1.165) is 48.5 Å². The number of anilines is 2. The van der Waals surface area contributed by atoms with Gasteiger partial charge in [0.25, 0.3) is 11.8 Å². The van der Waals surface area contributed by atoms with Crippen LogP contribution in [0.2, 0.25) is 0 Å². The minimum Gasteiger partial charge on any atom is -0.452 e. The van der Waals surface area contributed by atoms with Crippen molar-refractivity contribution in [2.45, 2.75) is 33.1 Å². The Bertz CT molecular complexity index is 917. The summed E-state index contributed by atoms with van der Waals surface area (Å²) in [6, 6.07) is 7.08. The summed E-state index contributed by atoms with van der Waals surface area (Å²) in [7, 11) is 0. The molecule has 1 aliphatic carbocycles. The molecule has 1 aliphatic rings. The van der Waals surface area contributed by atoms with Crippen LogP contribution in [0.5, 0.6) is 0 Å². The maximum Gasteiger partial charge on any atom is 0.338 e. The first-order valence-corrected chi connectivity index (χ1v) is 10.5. The summed E-state index contributed by atoms with van der Waals surface area (Å²) in [5.41, 5.74) is 8.20. The lowest BCUT2D eigenvalue weighted by Gasteiger charge is -2.20. The van der Waals surface area contributed by atoms with Gasteiger partial charge in [0.2, 0.25) is 0 Å². The van der Waals surface area contributed by atoms with Gasteiger partial charge in [0, 0.05) is 23.7 Å². The van der Waals surface area contributed by atoms with Crippen molar-refractivity contribution in [1.29, 1.82) is 0 Å². The fourth-order valence-corrected chi connectivity index (χ4v) is 4.84. The highest BCUT2D eigenvalue weighted by Crippen LogP contribution is 2.38. The lowest BCUT2D eigenvalue weighted by molar-refractivity contribution is -0.119. The minimum absolute atomic E-state index is 0.377. The van der Waals surface area contributed by atoms with E-state index in [-0.39, 0.29) is 0 Å². The molecule has 7 nitrogen and oxygen atoms in total. The number of rotatable bonds is 8. The maximum atomic E-state index is 12.2. The van der Waals surface area contributed by atoms with Gasteiger partial charge in [-0.1, -0.05) is 0 Å². The number of nitrogens with one attached hydrogen (secondary N) is 1. The number of hydrogen-bond donors (Lipinski definition) is 2. The second-order valence-electron chi connectivity index (χ2n) is 6.77. The predicted molar refractivity (Wildman–Crippen MR) is 114 cm³/mol. The molecule has 0 saturated carbocycles. The number of ether oxygens (including phenoxy) is 1. The highest BCUT2D eigenvalue weighted by Gasteiger charge is 2.26. The minimum atomic E-state index is -0.574. The summed E-state index contributed by atoms with van der Waals surface area (Å²) >= 11 is 1.37. The van der Waals surface area contributed by atoms with Crippen LogP contribution in [0, 0.1) is 0 Å². The molecule has 3 rings (SSSR count). The van der Waals surface area contributed by atoms with Gasteiger partial charge in [0.1, 0.15) is 5.00 Å². The molecule has 2 amide bonds. The molecule has 0 fully saturated rings. The Balaban J connectivity index is 1.59. The molecule has 0 saturated heterocycles. The number of primary amides is 1. The molecule has 0 radical (unpaired) electrons. The number of hydrogen-bond acceptors (Lipinski definition) is 6. The average Bonchev–Trinajstić information content (AvgIpc) is 3.28. The van der Waals surface area contributed by atoms with E-state index in [2.05, 4.69) is 24.1 Å². The zero-order valence-corrected chi connectivity index (χ0v) is 17.4. The topological polar surface area (TPSA) is 102 Å². The van der Waals surface area contributed by atoms with Gasteiger partial charge in [0.05, 0.1) is 11.1 Å². The molecule has 154 valence electrons. The Kier molecular flexibility index (Phi) is 6.53. The van der Waals surface area contributed by atoms with Gasteiger partial charge >= 0.3 is 5.97 Å². The van der Waals surface area contributed by atoms with Gasteiger partial charge in [-0.05, 0) is 62.9 Å². The molecule has 0 atom stereocenters. The first-order valence-electron chi connectivity index (χ1n) is 9.70. The summed E-state index contributed by atoms with van der Waals surface area (Å²) in [4.78, 5) is 39.5. The summed E-state index contributed by atoms with van der Waals surface area (Å²) in [5.74, 6) is -1.62. The highest BCUT2D eigenvalue weighted by molar-refractivity contribution is 7.17. The number of aryl methyl sites for hydroxylation is 1. The molecule has 2 aromatic rings. The van der Waals surface area contributed by atoms with Crippen LogP contribution in [0.15, 0.2) is 24.3 Å². The van der Waals surface area contributed by atoms with Crippen molar-refractivity contribution in [3.8, 4) is 0 Å². The number of carbonyl (C=O) groups is 3. The number of carbonyl (C=O) groups excluding carboxylic acids is 3. The highest BCUT2D eigenvalue weighted by atomic mass is 32.1. The SMILES string of the molecule is CCN(CC)c1ccc(C(=O)OCC(=O)Nc2sc3c(c2C(N)=O)CCC3)cc1. The number of nitrogens with two attached hydrogens (primary N) is 1. The van der Waals surface area contributed by atoms with Gasteiger partial charge in [-0.3, -0.25) is 9.59 Å². The van der Waals surface area contributed by atoms with E-state index in [9.17, 15) is 14.4 Å². The summed E-state index contributed by atoms with van der Waals surface area (Å²) in [6.45, 7) is 5.45. The molecule has 8 heteroatoms. The van der Waals surface area contributed by atoms with Gasteiger partial charge in [-0.15, -0.1) is 11.3 Å². The van der Waals surface area contributed by atoms with E-state index in [1.807, 2.05) is 12.1 Å². The van der Waals surface area contributed by atoms with Gasteiger partial charge in [-0.2, -0.15) is 0 Å². The Morgan fingerprint density at radius 2 is 1.83 bits per heavy atom. The van der Waals surface area contributed by atoms with E-state index in [1.165, 1.54) is 11.3 Å². The largest absolute Gasteiger partial charge is 0.452 e. The molecular formula is C21H25N3O4S. The second kappa shape index (κ2) is 9.09. The predicted octanol–water partition coefficient (Wildman–Crippen LogP) is 2.98. The molecule has 0 spiro atoms. The Hall–Kier alpha value is -2.87. The fraction of sp³-hybridized carbons (Fsp3) is 0.381. The molecule has 0 bridgehead atoms. The van der Waals surface area contributed by atoms with Crippen molar-refractivity contribution in [3.63, 3.8) is 0 Å². The number of benzene rings is 1. The number of amides is 2. The monoisotopic (exact) mass is 415 g/mol. The fourth-order valence-electron chi connectivity index (χ4n) is 3.53. The molecule has 1 aromatic heterocycles. The van der Waals surface area contributed by atoms with Gasteiger partial charge < -0.3 is 20.7 Å². The van der Waals surface area contributed by atoms with E-state index in [1.54, 1.807) is 12.1 Å². The molecule has 1 heterocycles. The van der Waals surface area contributed by atoms with Crippen molar-refractivity contribution >= 4 is 39.8 Å². The molecule has 29 heavy (non-hydrogen) atoms. The Morgan fingerprint density at radius 1 is 1.14 bits per heavy atom. The van der Waals surface area contributed by atoms with Crippen LogP contribution < -0.4 is 16.0 Å². The van der Waals surface area contributed by atoms with Crippen LogP contribution in [-0.4, -0.2) is 37.5 Å². The third-order valence-corrected chi connectivity index (χ3v) is 6.19. The first-order chi connectivity index (χ1) is 13.9. The molecule has 1 aromatic carbocycles. The zero-order valence-electron chi connectivity index (χ0n) is 16.6. The second-order valence-corrected chi connectivity index (χ2v) is 7.87. The van der Waals surface area contributed by atoms with Crippen LogP contribution >= 0.6 is 11.3 Å². The van der Waals surface area contributed by atoms with E-state index >= 15 is 0 Å². The number of fused-ring (bicyclic) bond motifs is 1. The third kappa shape index (κ3) is 4.59. The Labute approximate surface area is 173 Å². The van der Waals surface area contributed by atoms with E-state index < -0.39 is 24.4 Å². The van der Waals surface area contributed by atoms with Crippen LogP contribution in [0.4, 0.5) is 10.7 Å². The summed E-state index contributed by atoms with van der Waals surface area (Å²) in [5, 5.41) is 3.10. The molecular weight excluding hydrogens is 390 g/mol. The quantitative estimate of drug-likeness (QED) is 0.646. The zero-order chi connectivity index (χ0) is 21.0. The summed E-state index contributed by atoms with van der Waals surface area (Å²) < 4.78 is 5.12. The average molecular weight is 416 g/mol. The van der Waals surface area contributed by atoms with Crippen molar-refractivity contribution in [2.24, 2.45) is 5.73 Å². The van der Waals surface area contributed by atoms with Crippen LogP contribution in [0.25, 0.3) is 0 Å². The van der Waals surface area contributed by atoms with Crippen LogP contribution in [0.1, 0.15) is 51.4 Å². The number of thiophene rings is 1. The summed E-state index contributed by atoms with van der Waals surface area (Å²) in [6.07, 6.45) is 2.66. The molecule has 0 aliphatic heterocycles. The number of nitrogens with zero attached hydrogens (tertiary/aromatic N) is 1. The lowest BCUT2D eigenvalue weighted by Crippen LogP contribution is -2.23. The normalized spacial score (nSPS) is 12.3. The molecule has 3 N–H and O–H groups in total. The van der Waals surface area contributed by atoms with E-state index in [4.69, 9.17) is 10.5 Å². The van der Waals surface area contributed by atoms with Crippen LogP contribution in [0.3, 0.4) is 0 Å². The molecule has 0 unspecified atom stereocenters. The van der Waals surface area contributed by atoms with Crippen molar-refractivity contribution in [2.75, 3.05) is 29.9 Å². The van der Waals surface area contributed by atoms with Crippen molar-refractivity contribution in [1.82, 2.24) is 0 Å². The standard InChI is InChI=1S/C21H25N3O4S/c1-3-24(4-2)14-10-8-13(9-11-14)21(27)28-12-17(25)23-20-18(19(22)26)15-6-5-7-16(15)29-20/h8-11H,3-7,12H2,1-2H3,(H2,22,26)(H,23,25). The van der Waals surface area contributed by atoms with Crippen LogP contribution in [-0.2, 0) is 22.4 Å². The first kappa shape index (κ1) is 20.9. The maximum absolute atomic E-state index is 12.2. The van der Waals surface area contributed by atoms with Crippen molar-refractivity contribution in [3.05, 3.63) is 45.8 Å². The Morgan fingerprint density at radius 3 is 2.45 bits per heavy atom. The smallest absolute Gasteiger partial charge is 0.338 e. The third-order valence-electron chi connectivity index (χ3n) is 4.99. The van der Waals surface area contributed by atoms with Gasteiger partial charge in [-0.25, -0.2) is 4.79 Å². The van der Waals surface area contributed by atoms with E-state index in [0.29, 0.717) is 16.1 Å².